The normalized spacial score (nSPS) is 22.2. The van der Waals surface area contributed by atoms with Crippen molar-refractivity contribution in [1.29, 1.82) is 5.26 Å². The molecule has 2 heterocycles. The second-order valence-corrected chi connectivity index (χ2v) is 6.55. The monoisotopic (exact) mass is 267 g/mol. The van der Waals surface area contributed by atoms with E-state index < -0.39 is 15.3 Å². The van der Waals surface area contributed by atoms with Gasteiger partial charge in [-0.3, -0.25) is 0 Å². The number of nitriles is 1. The molecule has 2 rings (SSSR count). The number of rotatable bonds is 3. The zero-order chi connectivity index (χ0) is 13.3. The molecule has 0 unspecified atom stereocenters. The van der Waals surface area contributed by atoms with Crippen molar-refractivity contribution in [2.24, 2.45) is 0 Å². The third-order valence-corrected chi connectivity index (χ3v) is 5.80. The first-order valence-corrected chi connectivity index (χ1v) is 7.58. The topological polar surface area (TPSA) is 66.1 Å². The second-order valence-electron chi connectivity index (χ2n) is 4.48. The van der Waals surface area contributed by atoms with Gasteiger partial charge in [0.2, 0.25) is 10.0 Å². The van der Waals surface area contributed by atoms with E-state index in [4.69, 9.17) is 5.26 Å². The molecule has 98 valence electrons. The lowest BCUT2D eigenvalue weighted by Gasteiger charge is -2.34. The van der Waals surface area contributed by atoms with E-state index in [-0.39, 0.29) is 6.04 Å². The first-order chi connectivity index (χ1) is 8.52. The molecule has 1 aromatic heterocycles. The minimum atomic E-state index is -3.54. The summed E-state index contributed by atoms with van der Waals surface area (Å²) in [6.07, 6.45) is 2.28. The van der Waals surface area contributed by atoms with Crippen molar-refractivity contribution in [3.8, 4) is 6.07 Å². The predicted octanol–water partition coefficient (Wildman–Crippen LogP) is 1.50. The molecule has 2 atom stereocenters. The van der Waals surface area contributed by atoms with Crippen LogP contribution in [-0.4, -0.2) is 29.1 Å². The summed E-state index contributed by atoms with van der Waals surface area (Å²) in [5.74, 6) is 0. The summed E-state index contributed by atoms with van der Waals surface area (Å²) in [5.41, 5.74) is 0.984. The minimum Gasteiger partial charge on any atom is -0.349 e. The maximum atomic E-state index is 12.4. The number of hydrogen-bond donors (Lipinski definition) is 0. The van der Waals surface area contributed by atoms with Gasteiger partial charge in [-0.1, -0.05) is 6.92 Å². The number of fused-ring (bicyclic) bond motifs is 1. The lowest BCUT2D eigenvalue weighted by molar-refractivity contribution is 0.280. The molecule has 5 nitrogen and oxygen atoms in total. The van der Waals surface area contributed by atoms with E-state index in [2.05, 4.69) is 4.57 Å². The average Bonchev–Trinajstić information content (AvgIpc) is 2.79. The van der Waals surface area contributed by atoms with Crippen molar-refractivity contribution in [3.63, 3.8) is 0 Å². The molecule has 0 aliphatic carbocycles. The van der Waals surface area contributed by atoms with Crippen LogP contribution >= 0.6 is 0 Å². The molecule has 6 heteroatoms. The highest BCUT2D eigenvalue weighted by atomic mass is 32.2. The summed E-state index contributed by atoms with van der Waals surface area (Å²) < 4.78 is 28.3. The number of hydrogen-bond acceptors (Lipinski definition) is 3. The largest absolute Gasteiger partial charge is 0.349 e. The fourth-order valence-corrected chi connectivity index (χ4v) is 4.20. The van der Waals surface area contributed by atoms with E-state index in [1.165, 1.54) is 4.31 Å². The Bertz CT molecular complexity index is 570. The molecular formula is C12H17N3O2S. The van der Waals surface area contributed by atoms with Crippen LogP contribution in [-0.2, 0) is 16.6 Å². The van der Waals surface area contributed by atoms with E-state index in [1.54, 1.807) is 6.92 Å². The molecule has 0 aromatic carbocycles. The summed E-state index contributed by atoms with van der Waals surface area (Å²) in [5, 5.41) is 8.03. The van der Waals surface area contributed by atoms with Crippen LogP contribution in [0.4, 0.5) is 0 Å². The fraction of sp³-hybridized carbons (Fsp3) is 0.583. The van der Waals surface area contributed by atoms with E-state index in [1.807, 2.05) is 31.3 Å². The summed E-state index contributed by atoms with van der Waals surface area (Å²) >= 11 is 0. The first kappa shape index (κ1) is 13.1. The molecule has 0 spiro atoms. The van der Waals surface area contributed by atoms with Gasteiger partial charge >= 0.3 is 0 Å². The molecule has 0 saturated carbocycles. The SMILES string of the molecule is CC[C@@H](C#N)S(=O)(=O)N1CCn2cccc2[C@@H]1C. The van der Waals surface area contributed by atoms with Gasteiger partial charge in [-0.15, -0.1) is 0 Å². The van der Waals surface area contributed by atoms with Gasteiger partial charge in [0, 0.05) is 25.0 Å². The van der Waals surface area contributed by atoms with Crippen molar-refractivity contribution in [2.75, 3.05) is 6.54 Å². The third kappa shape index (κ3) is 1.93. The van der Waals surface area contributed by atoms with Crippen LogP contribution in [0, 0.1) is 11.3 Å². The number of aromatic nitrogens is 1. The second kappa shape index (κ2) is 4.75. The molecule has 1 aliphatic heterocycles. The molecule has 0 saturated heterocycles. The van der Waals surface area contributed by atoms with E-state index in [9.17, 15) is 8.42 Å². The Hall–Kier alpha value is -1.32. The van der Waals surface area contributed by atoms with Gasteiger partial charge in [0.15, 0.2) is 5.25 Å². The smallest absolute Gasteiger partial charge is 0.231 e. The number of nitrogens with zero attached hydrogens (tertiary/aromatic N) is 3. The molecule has 0 radical (unpaired) electrons. The van der Waals surface area contributed by atoms with Crippen LogP contribution in [0.25, 0.3) is 0 Å². The van der Waals surface area contributed by atoms with Crippen molar-refractivity contribution >= 4 is 10.0 Å². The van der Waals surface area contributed by atoms with Crippen LogP contribution in [0.2, 0.25) is 0 Å². The van der Waals surface area contributed by atoms with Crippen molar-refractivity contribution in [2.45, 2.75) is 38.1 Å². The van der Waals surface area contributed by atoms with Gasteiger partial charge in [-0.2, -0.15) is 9.57 Å². The van der Waals surface area contributed by atoms with Gasteiger partial charge in [-0.25, -0.2) is 8.42 Å². The lowest BCUT2D eigenvalue weighted by atomic mass is 10.2. The third-order valence-electron chi connectivity index (χ3n) is 3.49. The van der Waals surface area contributed by atoms with Crippen LogP contribution in [0.1, 0.15) is 32.0 Å². The molecule has 0 fully saturated rings. The van der Waals surface area contributed by atoms with Gasteiger partial charge in [-0.05, 0) is 25.5 Å². The molecule has 0 amide bonds. The van der Waals surface area contributed by atoms with Crippen LogP contribution < -0.4 is 0 Å². The molecule has 0 N–H and O–H groups in total. The summed E-state index contributed by atoms with van der Waals surface area (Å²) in [6, 6.07) is 5.53. The molecule has 0 bridgehead atoms. The summed E-state index contributed by atoms with van der Waals surface area (Å²) in [4.78, 5) is 0. The molecule has 1 aliphatic rings. The van der Waals surface area contributed by atoms with E-state index in [0.29, 0.717) is 19.5 Å². The Balaban J connectivity index is 2.35. The lowest BCUT2D eigenvalue weighted by Crippen LogP contribution is -2.44. The Morgan fingerprint density at radius 1 is 1.56 bits per heavy atom. The van der Waals surface area contributed by atoms with Crippen molar-refractivity contribution in [3.05, 3.63) is 24.0 Å². The van der Waals surface area contributed by atoms with E-state index in [0.717, 1.165) is 5.69 Å². The zero-order valence-electron chi connectivity index (χ0n) is 10.6. The molecular weight excluding hydrogens is 250 g/mol. The van der Waals surface area contributed by atoms with Gasteiger partial charge in [0.1, 0.15) is 0 Å². The molecule has 18 heavy (non-hydrogen) atoms. The quantitative estimate of drug-likeness (QED) is 0.833. The minimum absolute atomic E-state index is 0.207. The highest BCUT2D eigenvalue weighted by molar-refractivity contribution is 7.90. The highest BCUT2D eigenvalue weighted by Gasteiger charge is 2.37. The van der Waals surface area contributed by atoms with Gasteiger partial charge in [0.05, 0.1) is 12.1 Å². The number of sulfonamides is 1. The van der Waals surface area contributed by atoms with Crippen LogP contribution in [0.15, 0.2) is 18.3 Å². The van der Waals surface area contributed by atoms with Crippen LogP contribution in [0.5, 0.6) is 0 Å². The Morgan fingerprint density at radius 3 is 2.89 bits per heavy atom. The zero-order valence-corrected chi connectivity index (χ0v) is 11.4. The first-order valence-electron chi connectivity index (χ1n) is 6.07. The standard InChI is InChI=1S/C12H17N3O2S/c1-3-11(9-13)18(16,17)15-8-7-14-6-4-5-12(14)10(15)2/h4-6,10-11H,3,7-8H2,1-2H3/t10-,11-/m0/s1. The maximum absolute atomic E-state index is 12.4. The highest BCUT2D eigenvalue weighted by Crippen LogP contribution is 2.29. The predicted molar refractivity (Wildman–Crippen MR) is 68.2 cm³/mol. The van der Waals surface area contributed by atoms with Gasteiger partial charge < -0.3 is 4.57 Å². The fourth-order valence-electron chi connectivity index (χ4n) is 2.44. The summed E-state index contributed by atoms with van der Waals surface area (Å²) in [7, 11) is -3.54. The molecule has 1 aromatic rings. The Kier molecular flexibility index (Phi) is 3.46. The maximum Gasteiger partial charge on any atom is 0.231 e. The van der Waals surface area contributed by atoms with Crippen molar-refractivity contribution < 1.29 is 8.42 Å². The summed E-state index contributed by atoms with van der Waals surface area (Å²) in [6.45, 7) is 4.67. The van der Waals surface area contributed by atoms with Gasteiger partial charge in [0.25, 0.3) is 0 Å². The van der Waals surface area contributed by atoms with E-state index >= 15 is 0 Å². The van der Waals surface area contributed by atoms with Crippen molar-refractivity contribution in [1.82, 2.24) is 8.87 Å². The van der Waals surface area contributed by atoms with Crippen LogP contribution in [0.3, 0.4) is 0 Å². The Morgan fingerprint density at radius 2 is 2.28 bits per heavy atom. The average molecular weight is 267 g/mol. The Labute approximate surface area is 108 Å².